The van der Waals surface area contributed by atoms with Crippen molar-refractivity contribution in [1.82, 2.24) is 5.32 Å². The molecule has 2 unspecified atom stereocenters. The highest BCUT2D eigenvalue weighted by Crippen LogP contribution is 2.41. The lowest BCUT2D eigenvalue weighted by Crippen LogP contribution is -2.49. The van der Waals surface area contributed by atoms with E-state index in [4.69, 9.17) is 4.74 Å². The molecule has 21 heavy (non-hydrogen) atoms. The Kier molecular flexibility index (Phi) is 6.55. The van der Waals surface area contributed by atoms with Gasteiger partial charge in [0, 0.05) is 6.54 Å². The summed E-state index contributed by atoms with van der Waals surface area (Å²) in [7, 11) is 2.08. The highest BCUT2D eigenvalue weighted by atomic mass is 16.5. The van der Waals surface area contributed by atoms with Gasteiger partial charge in [0.15, 0.2) is 0 Å². The molecule has 124 valence electrons. The molecule has 2 aliphatic rings. The highest BCUT2D eigenvalue weighted by molar-refractivity contribution is 4.92. The molecule has 2 heteroatoms. The number of likely N-dealkylation sites (N-methyl/N-ethyl adjacent to an activating group) is 1. The van der Waals surface area contributed by atoms with E-state index in [-0.39, 0.29) is 5.60 Å². The largest absolute Gasteiger partial charge is 0.370 e. The lowest BCUT2D eigenvalue weighted by molar-refractivity contribution is -0.146. The van der Waals surface area contributed by atoms with Gasteiger partial charge in [0.05, 0.1) is 11.7 Å². The van der Waals surface area contributed by atoms with Gasteiger partial charge in [0.2, 0.25) is 0 Å². The van der Waals surface area contributed by atoms with Gasteiger partial charge in [-0.25, -0.2) is 0 Å². The average molecular weight is 296 g/mol. The zero-order valence-electron chi connectivity index (χ0n) is 14.8. The lowest BCUT2D eigenvalue weighted by Gasteiger charge is -2.45. The number of ether oxygens (including phenoxy) is 1. The van der Waals surface area contributed by atoms with Crippen LogP contribution in [0.1, 0.15) is 78.6 Å². The summed E-state index contributed by atoms with van der Waals surface area (Å²) >= 11 is 0. The summed E-state index contributed by atoms with van der Waals surface area (Å²) in [6.45, 7) is 8.13. The Labute approximate surface area is 132 Å². The molecule has 0 bridgehead atoms. The van der Waals surface area contributed by atoms with E-state index in [9.17, 15) is 0 Å². The summed E-state index contributed by atoms with van der Waals surface area (Å²) in [5, 5.41) is 3.42. The number of hydrogen-bond donors (Lipinski definition) is 1. The van der Waals surface area contributed by atoms with Crippen LogP contribution in [0.2, 0.25) is 0 Å². The molecule has 0 aromatic rings. The van der Waals surface area contributed by atoms with Crippen LogP contribution in [-0.2, 0) is 4.74 Å². The molecule has 2 rings (SSSR count). The van der Waals surface area contributed by atoms with Crippen LogP contribution in [0.25, 0.3) is 0 Å². The number of hydrogen-bond acceptors (Lipinski definition) is 2. The highest BCUT2D eigenvalue weighted by Gasteiger charge is 2.40. The standard InChI is InChI=1S/C19H37NO/c1-5-16-8-6-7-9-18(16)21-19(14-20-4)12-10-17(11-13-19)15(2)3/h15-18,20H,5-14H2,1-4H3. The van der Waals surface area contributed by atoms with E-state index in [1.54, 1.807) is 0 Å². The third-order valence-electron chi connectivity index (χ3n) is 6.15. The normalized spacial score (nSPS) is 37.9. The van der Waals surface area contributed by atoms with E-state index in [0.29, 0.717) is 6.10 Å². The summed E-state index contributed by atoms with van der Waals surface area (Å²) in [5.74, 6) is 2.54. The van der Waals surface area contributed by atoms with Gasteiger partial charge >= 0.3 is 0 Å². The van der Waals surface area contributed by atoms with Crippen LogP contribution >= 0.6 is 0 Å². The molecular formula is C19H37NO. The molecule has 1 N–H and O–H groups in total. The lowest BCUT2D eigenvalue weighted by atomic mass is 9.74. The maximum absolute atomic E-state index is 6.83. The Morgan fingerprint density at radius 1 is 1.10 bits per heavy atom. The van der Waals surface area contributed by atoms with Crippen LogP contribution in [0, 0.1) is 17.8 Å². The van der Waals surface area contributed by atoms with E-state index in [1.807, 2.05) is 0 Å². The third-order valence-corrected chi connectivity index (χ3v) is 6.15. The number of nitrogens with one attached hydrogen (secondary N) is 1. The van der Waals surface area contributed by atoms with Crippen molar-refractivity contribution in [2.24, 2.45) is 17.8 Å². The third kappa shape index (κ3) is 4.45. The van der Waals surface area contributed by atoms with Crippen molar-refractivity contribution in [3.63, 3.8) is 0 Å². The smallest absolute Gasteiger partial charge is 0.0810 e. The van der Waals surface area contributed by atoms with E-state index < -0.39 is 0 Å². The summed E-state index contributed by atoms with van der Waals surface area (Å²) < 4.78 is 6.83. The fourth-order valence-electron chi connectivity index (χ4n) is 4.61. The molecule has 2 saturated carbocycles. The number of rotatable bonds is 6. The second kappa shape index (κ2) is 7.97. The zero-order chi connectivity index (χ0) is 15.3. The summed E-state index contributed by atoms with van der Waals surface area (Å²) in [6.07, 6.45) is 12.5. The average Bonchev–Trinajstić information content (AvgIpc) is 2.48. The van der Waals surface area contributed by atoms with Gasteiger partial charge < -0.3 is 10.1 Å². The molecule has 0 saturated heterocycles. The quantitative estimate of drug-likeness (QED) is 0.761. The molecule has 0 amide bonds. The molecule has 2 atom stereocenters. The van der Waals surface area contributed by atoms with Crippen molar-refractivity contribution in [3.8, 4) is 0 Å². The SMILES string of the molecule is CCC1CCCCC1OC1(CNC)CCC(C(C)C)CC1. The molecule has 2 aliphatic carbocycles. The first-order valence-corrected chi connectivity index (χ1v) is 9.42. The van der Waals surface area contributed by atoms with Gasteiger partial charge in [0.1, 0.15) is 0 Å². The molecule has 0 radical (unpaired) electrons. The Morgan fingerprint density at radius 2 is 1.76 bits per heavy atom. The van der Waals surface area contributed by atoms with Crippen LogP contribution in [0.3, 0.4) is 0 Å². The molecular weight excluding hydrogens is 258 g/mol. The van der Waals surface area contributed by atoms with Crippen molar-refractivity contribution >= 4 is 0 Å². The Morgan fingerprint density at radius 3 is 2.33 bits per heavy atom. The van der Waals surface area contributed by atoms with E-state index in [0.717, 1.165) is 24.3 Å². The van der Waals surface area contributed by atoms with Gasteiger partial charge in [-0.05, 0) is 63.3 Å². The van der Waals surface area contributed by atoms with Crippen molar-refractivity contribution in [1.29, 1.82) is 0 Å². The van der Waals surface area contributed by atoms with Crippen molar-refractivity contribution in [2.75, 3.05) is 13.6 Å². The second-order valence-electron chi connectivity index (χ2n) is 7.90. The zero-order valence-corrected chi connectivity index (χ0v) is 14.8. The van der Waals surface area contributed by atoms with Crippen molar-refractivity contribution in [2.45, 2.75) is 90.3 Å². The molecule has 0 aromatic carbocycles. The predicted octanol–water partition coefficient (Wildman–Crippen LogP) is 4.78. The second-order valence-corrected chi connectivity index (χ2v) is 7.90. The fourth-order valence-corrected chi connectivity index (χ4v) is 4.61. The molecule has 0 spiro atoms. The Bertz CT molecular complexity index is 294. The first kappa shape index (κ1) is 17.3. The predicted molar refractivity (Wildman–Crippen MR) is 90.6 cm³/mol. The maximum atomic E-state index is 6.83. The van der Waals surface area contributed by atoms with Crippen LogP contribution in [0.5, 0.6) is 0 Å². The maximum Gasteiger partial charge on any atom is 0.0810 e. The monoisotopic (exact) mass is 295 g/mol. The summed E-state index contributed by atoms with van der Waals surface area (Å²) in [5.41, 5.74) is 0.121. The van der Waals surface area contributed by atoms with E-state index in [2.05, 4.69) is 33.1 Å². The van der Waals surface area contributed by atoms with Crippen LogP contribution in [0.4, 0.5) is 0 Å². The molecule has 2 nitrogen and oxygen atoms in total. The Hall–Kier alpha value is -0.0800. The minimum atomic E-state index is 0.121. The summed E-state index contributed by atoms with van der Waals surface area (Å²) in [6, 6.07) is 0. The van der Waals surface area contributed by atoms with Crippen molar-refractivity contribution < 1.29 is 4.74 Å². The van der Waals surface area contributed by atoms with Gasteiger partial charge in [-0.1, -0.05) is 40.0 Å². The minimum absolute atomic E-state index is 0.121. The van der Waals surface area contributed by atoms with E-state index in [1.165, 1.54) is 57.8 Å². The molecule has 0 aliphatic heterocycles. The molecule has 0 heterocycles. The van der Waals surface area contributed by atoms with Gasteiger partial charge in [0.25, 0.3) is 0 Å². The minimum Gasteiger partial charge on any atom is -0.370 e. The fraction of sp³-hybridized carbons (Fsp3) is 1.00. The van der Waals surface area contributed by atoms with Crippen LogP contribution in [0.15, 0.2) is 0 Å². The van der Waals surface area contributed by atoms with Gasteiger partial charge in [-0.3, -0.25) is 0 Å². The summed E-state index contributed by atoms with van der Waals surface area (Å²) in [4.78, 5) is 0. The van der Waals surface area contributed by atoms with E-state index >= 15 is 0 Å². The molecule has 2 fully saturated rings. The molecule has 0 aromatic heterocycles. The van der Waals surface area contributed by atoms with Gasteiger partial charge in [-0.2, -0.15) is 0 Å². The topological polar surface area (TPSA) is 21.3 Å². The first-order chi connectivity index (χ1) is 10.1. The Balaban J connectivity index is 1.98. The van der Waals surface area contributed by atoms with Gasteiger partial charge in [-0.15, -0.1) is 0 Å². The van der Waals surface area contributed by atoms with Crippen LogP contribution in [-0.4, -0.2) is 25.3 Å². The van der Waals surface area contributed by atoms with Crippen LogP contribution < -0.4 is 5.32 Å². The first-order valence-electron chi connectivity index (χ1n) is 9.42. The van der Waals surface area contributed by atoms with Crippen molar-refractivity contribution in [3.05, 3.63) is 0 Å².